The van der Waals surface area contributed by atoms with Crippen LogP contribution in [0, 0.1) is 5.41 Å². The number of rotatable bonds is 1. The van der Waals surface area contributed by atoms with Crippen LogP contribution in [0.4, 0.5) is 0 Å². The minimum atomic E-state index is -0.237. The lowest BCUT2D eigenvalue weighted by atomic mass is 9.93. The fraction of sp³-hybridized carbons (Fsp3) is 0.909. The van der Waals surface area contributed by atoms with E-state index in [9.17, 15) is 4.79 Å². The lowest BCUT2D eigenvalue weighted by molar-refractivity contribution is -0.140. The molecule has 1 fully saturated rings. The van der Waals surface area contributed by atoms with E-state index in [-0.39, 0.29) is 11.3 Å². The average molecular weight is 215 g/mol. The molecule has 2 nitrogen and oxygen atoms in total. The number of carbonyl (C=O) groups excluding carboxylic acids is 1. The molecule has 0 radical (unpaired) electrons. The Morgan fingerprint density at radius 3 is 2.21 bits per heavy atom. The number of hydrogen-bond acceptors (Lipinski definition) is 2. The van der Waals surface area contributed by atoms with Gasteiger partial charge in [0.2, 0.25) is 5.91 Å². The Bertz CT molecular complexity index is 204. The van der Waals surface area contributed by atoms with E-state index < -0.39 is 0 Å². The topological polar surface area (TPSA) is 20.3 Å². The Balaban J connectivity index is 2.55. The maximum Gasteiger partial charge on any atom is 0.227 e. The highest BCUT2D eigenvalue weighted by atomic mass is 32.2. The van der Waals surface area contributed by atoms with Crippen LogP contribution in [0.25, 0.3) is 0 Å². The molecule has 0 bridgehead atoms. The summed E-state index contributed by atoms with van der Waals surface area (Å²) in [7, 11) is 1.95. The number of thioether (sulfide) groups is 1. The summed E-state index contributed by atoms with van der Waals surface area (Å²) < 4.78 is 0. The maximum atomic E-state index is 12.0. The number of nitrogens with zero attached hydrogens (tertiary/aromatic N) is 1. The van der Waals surface area contributed by atoms with Gasteiger partial charge in [-0.1, -0.05) is 20.8 Å². The van der Waals surface area contributed by atoms with Gasteiger partial charge in [0.15, 0.2) is 0 Å². The van der Waals surface area contributed by atoms with E-state index in [1.165, 1.54) is 11.5 Å². The Labute approximate surface area is 91.4 Å². The van der Waals surface area contributed by atoms with E-state index in [0.717, 1.165) is 12.8 Å². The predicted octanol–water partition coefficient (Wildman–Crippen LogP) is 2.39. The summed E-state index contributed by atoms with van der Waals surface area (Å²) >= 11 is 2.00. The van der Waals surface area contributed by atoms with Crippen molar-refractivity contribution in [3.8, 4) is 0 Å². The van der Waals surface area contributed by atoms with E-state index >= 15 is 0 Å². The van der Waals surface area contributed by atoms with Crippen LogP contribution in [0.3, 0.4) is 0 Å². The van der Waals surface area contributed by atoms with Crippen LogP contribution < -0.4 is 0 Å². The van der Waals surface area contributed by atoms with Gasteiger partial charge < -0.3 is 4.90 Å². The summed E-state index contributed by atoms with van der Waals surface area (Å²) in [5.74, 6) is 2.67. The normalized spacial score (nSPS) is 19.4. The molecule has 3 heteroatoms. The number of hydrogen-bond donors (Lipinski definition) is 0. The molecule has 0 aromatic carbocycles. The molecule has 1 aliphatic rings. The predicted molar refractivity (Wildman–Crippen MR) is 62.6 cm³/mol. The Kier molecular flexibility index (Phi) is 3.87. The van der Waals surface area contributed by atoms with Gasteiger partial charge in [0, 0.05) is 18.5 Å². The van der Waals surface area contributed by atoms with E-state index in [0.29, 0.717) is 6.04 Å². The molecule has 14 heavy (non-hydrogen) atoms. The molecule has 1 heterocycles. The van der Waals surface area contributed by atoms with Crippen molar-refractivity contribution in [1.82, 2.24) is 4.90 Å². The first kappa shape index (κ1) is 11.9. The minimum absolute atomic E-state index is 0.237. The molecule has 1 amide bonds. The molecule has 1 rings (SSSR count). The van der Waals surface area contributed by atoms with Crippen LogP contribution >= 0.6 is 11.8 Å². The Hall–Kier alpha value is -0.180. The average Bonchev–Trinajstić information content (AvgIpc) is 2.15. The van der Waals surface area contributed by atoms with Gasteiger partial charge >= 0.3 is 0 Å². The molecular weight excluding hydrogens is 194 g/mol. The molecule has 0 N–H and O–H groups in total. The van der Waals surface area contributed by atoms with Crippen molar-refractivity contribution in [3.05, 3.63) is 0 Å². The summed E-state index contributed by atoms with van der Waals surface area (Å²) in [6.07, 6.45) is 2.31. The van der Waals surface area contributed by atoms with E-state index in [4.69, 9.17) is 0 Å². The molecule has 0 aromatic rings. The third-order valence-electron chi connectivity index (χ3n) is 2.70. The highest BCUT2D eigenvalue weighted by molar-refractivity contribution is 7.99. The van der Waals surface area contributed by atoms with Crippen LogP contribution in [0.1, 0.15) is 33.6 Å². The van der Waals surface area contributed by atoms with Crippen LogP contribution in [0.15, 0.2) is 0 Å². The third-order valence-corrected chi connectivity index (χ3v) is 3.75. The van der Waals surface area contributed by atoms with Crippen LogP contribution in [-0.4, -0.2) is 35.4 Å². The molecule has 0 unspecified atom stereocenters. The van der Waals surface area contributed by atoms with E-state index in [1.54, 1.807) is 0 Å². The molecule has 0 aromatic heterocycles. The molecule has 0 atom stereocenters. The van der Waals surface area contributed by atoms with Crippen LogP contribution in [0.5, 0.6) is 0 Å². The Morgan fingerprint density at radius 1 is 1.29 bits per heavy atom. The van der Waals surface area contributed by atoms with Gasteiger partial charge in [0.05, 0.1) is 0 Å². The van der Waals surface area contributed by atoms with Gasteiger partial charge in [0.25, 0.3) is 0 Å². The first-order valence-corrected chi connectivity index (χ1v) is 6.43. The van der Waals surface area contributed by atoms with Crippen molar-refractivity contribution in [1.29, 1.82) is 0 Å². The SMILES string of the molecule is CN(C(=O)C(C)(C)C)C1CCSCC1. The van der Waals surface area contributed by atoms with Gasteiger partial charge in [-0.2, -0.15) is 11.8 Å². The fourth-order valence-corrected chi connectivity index (χ4v) is 2.85. The standard InChI is InChI=1S/C11H21NOS/c1-11(2,3)10(13)12(4)9-5-7-14-8-6-9/h9H,5-8H2,1-4H3. The van der Waals surface area contributed by atoms with Crippen molar-refractivity contribution in [2.45, 2.75) is 39.7 Å². The van der Waals surface area contributed by atoms with Gasteiger partial charge in [-0.05, 0) is 24.3 Å². The van der Waals surface area contributed by atoms with Gasteiger partial charge in [0.1, 0.15) is 0 Å². The quantitative estimate of drug-likeness (QED) is 0.669. The number of amides is 1. The summed E-state index contributed by atoms with van der Waals surface area (Å²) in [5, 5.41) is 0. The second-order valence-corrected chi connectivity index (χ2v) is 6.23. The first-order chi connectivity index (χ1) is 6.43. The van der Waals surface area contributed by atoms with Crippen molar-refractivity contribution in [2.24, 2.45) is 5.41 Å². The second-order valence-electron chi connectivity index (χ2n) is 5.01. The summed E-state index contributed by atoms with van der Waals surface area (Å²) in [6.45, 7) is 5.97. The highest BCUT2D eigenvalue weighted by Gasteiger charge is 2.29. The van der Waals surface area contributed by atoms with Crippen molar-refractivity contribution in [3.63, 3.8) is 0 Å². The lowest BCUT2D eigenvalue weighted by Crippen LogP contribution is -2.44. The zero-order valence-corrected chi connectivity index (χ0v) is 10.5. The fourth-order valence-electron chi connectivity index (χ4n) is 1.77. The highest BCUT2D eigenvalue weighted by Crippen LogP contribution is 2.25. The zero-order valence-electron chi connectivity index (χ0n) is 9.67. The maximum absolute atomic E-state index is 12.0. The molecule has 0 aliphatic carbocycles. The molecule has 0 saturated carbocycles. The second kappa shape index (κ2) is 4.56. The van der Waals surface area contributed by atoms with Gasteiger partial charge in [-0.3, -0.25) is 4.79 Å². The molecular formula is C11H21NOS. The summed E-state index contributed by atoms with van der Waals surface area (Å²) in [6, 6.07) is 0.475. The first-order valence-electron chi connectivity index (χ1n) is 5.28. The summed E-state index contributed by atoms with van der Waals surface area (Å²) in [5.41, 5.74) is -0.237. The zero-order chi connectivity index (χ0) is 10.8. The van der Waals surface area contributed by atoms with E-state index in [2.05, 4.69) is 0 Å². The minimum Gasteiger partial charge on any atom is -0.342 e. The summed E-state index contributed by atoms with van der Waals surface area (Å²) in [4.78, 5) is 13.9. The number of carbonyl (C=O) groups is 1. The van der Waals surface area contributed by atoms with Crippen molar-refractivity contribution in [2.75, 3.05) is 18.6 Å². The third kappa shape index (κ3) is 2.91. The molecule has 1 saturated heterocycles. The molecule has 1 aliphatic heterocycles. The largest absolute Gasteiger partial charge is 0.342 e. The van der Waals surface area contributed by atoms with Crippen molar-refractivity contribution < 1.29 is 4.79 Å². The smallest absolute Gasteiger partial charge is 0.227 e. The van der Waals surface area contributed by atoms with Crippen LogP contribution in [-0.2, 0) is 4.79 Å². The monoisotopic (exact) mass is 215 g/mol. The van der Waals surface area contributed by atoms with E-state index in [1.807, 2.05) is 44.5 Å². The molecule has 82 valence electrons. The van der Waals surface area contributed by atoms with Gasteiger partial charge in [-0.25, -0.2) is 0 Å². The van der Waals surface area contributed by atoms with Crippen molar-refractivity contribution >= 4 is 17.7 Å². The van der Waals surface area contributed by atoms with Gasteiger partial charge in [-0.15, -0.1) is 0 Å². The lowest BCUT2D eigenvalue weighted by Gasteiger charge is -2.35. The van der Waals surface area contributed by atoms with Crippen LogP contribution in [0.2, 0.25) is 0 Å². The molecule has 0 spiro atoms. The Morgan fingerprint density at radius 2 is 1.79 bits per heavy atom.